The highest BCUT2D eigenvalue weighted by Gasteiger charge is 2.39. The van der Waals surface area contributed by atoms with Crippen molar-refractivity contribution in [3.05, 3.63) is 29.8 Å². The normalized spacial score (nSPS) is 14.4. The molecule has 0 amide bonds. The van der Waals surface area contributed by atoms with E-state index in [1.165, 1.54) is 0 Å². The van der Waals surface area contributed by atoms with Crippen LogP contribution >= 0.6 is 11.8 Å². The minimum atomic E-state index is -1.96. The number of carboxylic acid groups (broad SMARTS) is 2. The largest absolute Gasteiger partial charge is 0.543 e. The quantitative estimate of drug-likeness (QED) is 0.434. The summed E-state index contributed by atoms with van der Waals surface area (Å²) in [6, 6.07) is 7.98. The molecule has 0 heterocycles. The van der Waals surface area contributed by atoms with E-state index >= 15 is 0 Å². The van der Waals surface area contributed by atoms with Crippen molar-refractivity contribution >= 4 is 32.0 Å². The number of carboxylic acids is 2. The van der Waals surface area contributed by atoms with E-state index in [-0.39, 0.29) is 29.0 Å². The molecule has 2 atom stereocenters. The Balaban J connectivity index is 3.01. The fourth-order valence-electron chi connectivity index (χ4n) is 2.56. The van der Waals surface area contributed by atoms with Gasteiger partial charge >= 0.3 is 11.9 Å². The molecule has 28 heavy (non-hydrogen) atoms. The molecular formula is C21H34O5SSi. The molecule has 1 aromatic rings. The zero-order valence-corrected chi connectivity index (χ0v) is 19.6. The molecule has 0 saturated heterocycles. The maximum absolute atomic E-state index is 11.0. The van der Waals surface area contributed by atoms with Gasteiger partial charge < -0.3 is 14.6 Å². The molecule has 0 aliphatic carbocycles. The molecule has 158 valence electrons. The van der Waals surface area contributed by atoms with Crippen LogP contribution in [0.3, 0.4) is 0 Å². The van der Waals surface area contributed by atoms with E-state index in [1.54, 1.807) is 11.8 Å². The van der Waals surface area contributed by atoms with Crippen LogP contribution in [0, 0.1) is 5.92 Å². The van der Waals surface area contributed by atoms with Crippen molar-refractivity contribution in [2.24, 2.45) is 5.92 Å². The van der Waals surface area contributed by atoms with E-state index in [0.29, 0.717) is 12.2 Å². The molecule has 5 nitrogen and oxygen atoms in total. The smallest absolute Gasteiger partial charge is 0.304 e. The van der Waals surface area contributed by atoms with Crippen LogP contribution in [0.4, 0.5) is 0 Å². The second-order valence-corrected chi connectivity index (χ2v) is 14.9. The topological polar surface area (TPSA) is 83.8 Å². The van der Waals surface area contributed by atoms with Gasteiger partial charge in [-0.2, -0.15) is 11.8 Å². The Morgan fingerprint density at radius 3 is 2.36 bits per heavy atom. The van der Waals surface area contributed by atoms with Gasteiger partial charge in [-0.3, -0.25) is 9.59 Å². The third-order valence-electron chi connectivity index (χ3n) is 5.18. The molecule has 0 aromatic heterocycles. The van der Waals surface area contributed by atoms with Crippen LogP contribution in [0.25, 0.3) is 0 Å². The number of hydrogen-bond acceptors (Lipinski definition) is 4. The molecule has 1 rings (SSSR count). The first-order chi connectivity index (χ1) is 12.8. The highest BCUT2D eigenvalue weighted by Crippen LogP contribution is 2.40. The average Bonchev–Trinajstić information content (AvgIpc) is 2.51. The lowest BCUT2D eigenvalue weighted by Gasteiger charge is -2.36. The zero-order chi connectivity index (χ0) is 21.5. The highest BCUT2D eigenvalue weighted by molar-refractivity contribution is 7.99. The van der Waals surface area contributed by atoms with Crippen molar-refractivity contribution in [2.75, 3.05) is 5.75 Å². The van der Waals surface area contributed by atoms with E-state index in [4.69, 9.17) is 14.6 Å². The molecule has 0 bridgehead atoms. The Kier molecular flexibility index (Phi) is 9.08. The molecule has 0 aliphatic heterocycles. The summed E-state index contributed by atoms with van der Waals surface area (Å²) < 4.78 is 6.41. The van der Waals surface area contributed by atoms with Crippen molar-refractivity contribution < 1.29 is 24.2 Å². The van der Waals surface area contributed by atoms with Crippen molar-refractivity contribution in [3.8, 4) is 5.75 Å². The first-order valence-electron chi connectivity index (χ1n) is 9.66. The minimum absolute atomic E-state index is 0.00444. The van der Waals surface area contributed by atoms with Gasteiger partial charge in [0.25, 0.3) is 0 Å². The number of rotatable bonds is 11. The van der Waals surface area contributed by atoms with Gasteiger partial charge in [0.05, 0.1) is 6.42 Å². The minimum Gasteiger partial charge on any atom is -0.543 e. The molecule has 0 spiro atoms. The van der Waals surface area contributed by atoms with Gasteiger partial charge in [-0.05, 0) is 48.2 Å². The number of carbonyl (C=O) groups is 2. The lowest BCUT2D eigenvalue weighted by Crippen LogP contribution is -2.43. The predicted octanol–water partition coefficient (Wildman–Crippen LogP) is 5.82. The lowest BCUT2D eigenvalue weighted by molar-refractivity contribution is -0.138. The number of hydrogen-bond donors (Lipinski definition) is 2. The van der Waals surface area contributed by atoms with Crippen LogP contribution in [0.1, 0.15) is 57.8 Å². The van der Waals surface area contributed by atoms with Gasteiger partial charge in [-0.25, -0.2) is 0 Å². The molecule has 0 saturated carbocycles. The van der Waals surface area contributed by atoms with Crippen molar-refractivity contribution in [1.29, 1.82) is 0 Å². The zero-order valence-electron chi connectivity index (χ0n) is 17.8. The van der Waals surface area contributed by atoms with Gasteiger partial charge in [-0.15, -0.1) is 0 Å². The van der Waals surface area contributed by atoms with E-state index in [0.717, 1.165) is 11.3 Å². The van der Waals surface area contributed by atoms with Crippen LogP contribution < -0.4 is 4.43 Å². The molecule has 0 aliphatic rings. The summed E-state index contributed by atoms with van der Waals surface area (Å²) in [4.78, 5) is 21.9. The SMILES string of the molecule is CC(CC(=O)O)CC(SCCC(=O)O)c1cccc(O[Si](C)(C)C(C)(C)C)c1. The average molecular weight is 427 g/mol. The molecule has 7 heteroatoms. The van der Waals surface area contributed by atoms with E-state index < -0.39 is 20.3 Å². The molecule has 1 aromatic carbocycles. The first-order valence-corrected chi connectivity index (χ1v) is 13.6. The second-order valence-electron chi connectivity index (χ2n) is 8.88. The van der Waals surface area contributed by atoms with Gasteiger partial charge in [0.15, 0.2) is 0 Å². The summed E-state index contributed by atoms with van der Waals surface area (Å²) in [6.45, 7) is 12.9. The molecule has 2 N–H and O–H groups in total. The van der Waals surface area contributed by atoms with Crippen molar-refractivity contribution in [1.82, 2.24) is 0 Å². The second kappa shape index (κ2) is 10.3. The molecule has 2 unspecified atom stereocenters. The van der Waals surface area contributed by atoms with E-state index in [9.17, 15) is 9.59 Å². The van der Waals surface area contributed by atoms with E-state index in [1.807, 2.05) is 31.2 Å². The van der Waals surface area contributed by atoms with Gasteiger partial charge in [0, 0.05) is 17.4 Å². The summed E-state index contributed by atoms with van der Waals surface area (Å²) in [6.07, 6.45) is 0.880. The summed E-state index contributed by atoms with van der Waals surface area (Å²) in [5.41, 5.74) is 1.06. The van der Waals surface area contributed by atoms with Crippen molar-refractivity contribution in [2.45, 2.75) is 70.3 Å². The van der Waals surface area contributed by atoms with Gasteiger partial charge in [-0.1, -0.05) is 39.8 Å². The third kappa shape index (κ3) is 8.27. The molecular weight excluding hydrogens is 392 g/mol. The summed E-state index contributed by atoms with van der Waals surface area (Å²) in [7, 11) is -1.96. The van der Waals surface area contributed by atoms with Crippen LogP contribution in [0.5, 0.6) is 5.75 Å². The predicted molar refractivity (Wildman–Crippen MR) is 118 cm³/mol. The fraction of sp³-hybridized carbons (Fsp3) is 0.619. The molecule has 0 radical (unpaired) electrons. The van der Waals surface area contributed by atoms with E-state index in [2.05, 4.69) is 33.9 Å². The van der Waals surface area contributed by atoms with Crippen molar-refractivity contribution in [3.63, 3.8) is 0 Å². The Labute approximate surface area is 174 Å². The van der Waals surface area contributed by atoms with Crippen LogP contribution in [0.2, 0.25) is 18.1 Å². The van der Waals surface area contributed by atoms with Crippen LogP contribution in [-0.2, 0) is 9.59 Å². The van der Waals surface area contributed by atoms with Gasteiger partial charge in [0.1, 0.15) is 5.75 Å². The number of benzene rings is 1. The highest BCUT2D eigenvalue weighted by atomic mass is 32.2. The van der Waals surface area contributed by atoms with Crippen LogP contribution in [-0.4, -0.2) is 36.2 Å². The monoisotopic (exact) mass is 426 g/mol. The number of aliphatic carboxylic acids is 2. The summed E-state index contributed by atoms with van der Waals surface area (Å²) >= 11 is 1.57. The lowest BCUT2D eigenvalue weighted by atomic mass is 9.98. The maximum atomic E-state index is 11.0. The maximum Gasteiger partial charge on any atom is 0.304 e. The Hall–Kier alpha value is -1.47. The number of thioether (sulfide) groups is 1. The standard InChI is InChI=1S/C21H34O5SSi/c1-15(13-20(24)25)12-18(27-11-10-19(22)23)16-8-7-9-17(14-16)26-28(5,6)21(2,3)4/h7-9,14-15,18H,10-13H2,1-6H3,(H,22,23)(H,24,25). The summed E-state index contributed by atoms with van der Waals surface area (Å²) in [5.74, 6) is -0.298. The molecule has 0 fully saturated rings. The summed E-state index contributed by atoms with van der Waals surface area (Å²) in [5, 5.41) is 18.1. The van der Waals surface area contributed by atoms with Crippen LogP contribution in [0.15, 0.2) is 24.3 Å². The Morgan fingerprint density at radius 2 is 1.82 bits per heavy atom. The Morgan fingerprint density at radius 1 is 1.18 bits per heavy atom. The first kappa shape index (κ1) is 24.6. The fourth-order valence-corrected chi connectivity index (χ4v) is 4.96. The Bertz CT molecular complexity index is 669. The van der Waals surface area contributed by atoms with Gasteiger partial charge in [0.2, 0.25) is 8.32 Å². The third-order valence-corrected chi connectivity index (χ3v) is 10.8.